The molecule has 0 saturated carbocycles. The molecular weight excluding hydrogens is 224 g/mol. The van der Waals surface area contributed by atoms with Crippen LogP contribution >= 0.6 is 0 Å². The van der Waals surface area contributed by atoms with E-state index in [-0.39, 0.29) is 0 Å². The number of rotatable bonds is 5. The molecule has 2 rings (SSSR count). The Kier molecular flexibility index (Phi) is 3.97. The quantitative estimate of drug-likeness (QED) is 0.590. The third-order valence-electron chi connectivity index (χ3n) is 2.41. The van der Waals surface area contributed by atoms with E-state index >= 15 is 0 Å². The van der Waals surface area contributed by atoms with E-state index in [4.69, 9.17) is 4.74 Å². The molecular formula is C15H16N2O. The van der Waals surface area contributed by atoms with E-state index < -0.39 is 0 Å². The van der Waals surface area contributed by atoms with Crippen LogP contribution in [0.15, 0.2) is 67.2 Å². The minimum absolute atomic E-state index is 0.450. The van der Waals surface area contributed by atoms with Gasteiger partial charge in [-0.1, -0.05) is 24.8 Å². The summed E-state index contributed by atoms with van der Waals surface area (Å²) in [5.41, 5.74) is 1.83. The number of nitrogens with zero attached hydrogens (tertiary/aromatic N) is 2. The highest BCUT2D eigenvalue weighted by molar-refractivity contribution is 5.39. The second kappa shape index (κ2) is 5.87. The van der Waals surface area contributed by atoms with E-state index in [1.165, 1.54) is 0 Å². The van der Waals surface area contributed by atoms with Gasteiger partial charge in [0.25, 0.3) is 0 Å². The van der Waals surface area contributed by atoms with Crippen LogP contribution in [-0.2, 0) is 11.3 Å². The molecule has 0 amide bonds. The standard InChI is InChI=1S/C15H16N2O/c1-3-7-14(8-4-2)18-12-13-11-17-10-6-5-9-15(17)16-13/h3-11H,1,12H2,2H3/b8-4-,14-7+. The van der Waals surface area contributed by atoms with Gasteiger partial charge in [-0.3, -0.25) is 0 Å². The van der Waals surface area contributed by atoms with Crippen LogP contribution in [0.5, 0.6) is 0 Å². The Hall–Kier alpha value is -2.29. The second-order valence-electron chi connectivity index (χ2n) is 3.79. The number of pyridine rings is 1. The molecule has 0 bridgehead atoms. The van der Waals surface area contributed by atoms with Crippen molar-refractivity contribution in [2.75, 3.05) is 0 Å². The highest BCUT2D eigenvalue weighted by atomic mass is 16.5. The number of imidazole rings is 1. The molecule has 0 aliphatic heterocycles. The maximum absolute atomic E-state index is 5.67. The normalized spacial score (nSPS) is 12.2. The third-order valence-corrected chi connectivity index (χ3v) is 2.41. The number of aromatic nitrogens is 2. The zero-order valence-electron chi connectivity index (χ0n) is 10.4. The van der Waals surface area contributed by atoms with Crippen LogP contribution in [0, 0.1) is 0 Å². The molecule has 0 saturated heterocycles. The first-order valence-electron chi connectivity index (χ1n) is 5.84. The Balaban J connectivity index is 2.09. The van der Waals surface area contributed by atoms with Gasteiger partial charge in [0.1, 0.15) is 18.0 Å². The maximum Gasteiger partial charge on any atom is 0.137 e. The zero-order valence-corrected chi connectivity index (χ0v) is 10.4. The van der Waals surface area contributed by atoms with Crippen molar-refractivity contribution in [2.45, 2.75) is 13.5 Å². The molecule has 0 fully saturated rings. The van der Waals surface area contributed by atoms with Gasteiger partial charge in [0, 0.05) is 12.4 Å². The van der Waals surface area contributed by atoms with Crippen molar-refractivity contribution >= 4 is 5.65 Å². The first-order chi connectivity index (χ1) is 8.83. The number of allylic oxidation sites excluding steroid dienone is 4. The van der Waals surface area contributed by atoms with Gasteiger partial charge in [0.15, 0.2) is 0 Å². The van der Waals surface area contributed by atoms with Gasteiger partial charge >= 0.3 is 0 Å². The molecule has 0 aliphatic carbocycles. The fourth-order valence-corrected chi connectivity index (χ4v) is 1.65. The monoisotopic (exact) mass is 240 g/mol. The van der Waals surface area contributed by atoms with Gasteiger partial charge in [-0.25, -0.2) is 4.98 Å². The van der Waals surface area contributed by atoms with Crippen molar-refractivity contribution in [3.63, 3.8) is 0 Å². The number of hydrogen-bond acceptors (Lipinski definition) is 2. The SMILES string of the molecule is C=C/C=C(\C=C/C)OCc1cn2ccccc2n1. The van der Waals surface area contributed by atoms with Crippen molar-refractivity contribution in [3.05, 3.63) is 72.9 Å². The van der Waals surface area contributed by atoms with Crippen LogP contribution < -0.4 is 0 Å². The topological polar surface area (TPSA) is 26.5 Å². The lowest BCUT2D eigenvalue weighted by Gasteiger charge is -2.03. The molecule has 0 radical (unpaired) electrons. The molecule has 0 N–H and O–H groups in total. The van der Waals surface area contributed by atoms with E-state index in [1.807, 2.05) is 60.1 Å². The van der Waals surface area contributed by atoms with Crippen LogP contribution in [0.2, 0.25) is 0 Å². The molecule has 3 heteroatoms. The maximum atomic E-state index is 5.67. The smallest absolute Gasteiger partial charge is 0.137 e. The highest BCUT2D eigenvalue weighted by Gasteiger charge is 2.01. The van der Waals surface area contributed by atoms with Gasteiger partial charge in [-0.2, -0.15) is 0 Å². The molecule has 0 spiro atoms. The molecule has 0 aromatic carbocycles. The average Bonchev–Trinajstić information content (AvgIpc) is 2.79. The zero-order chi connectivity index (χ0) is 12.8. The molecule has 0 unspecified atom stereocenters. The van der Waals surface area contributed by atoms with Gasteiger partial charge in [0.2, 0.25) is 0 Å². The Morgan fingerprint density at radius 2 is 2.39 bits per heavy atom. The molecule has 2 aromatic heterocycles. The van der Waals surface area contributed by atoms with Gasteiger partial charge in [-0.15, -0.1) is 0 Å². The molecule has 2 aromatic rings. The van der Waals surface area contributed by atoms with Crippen molar-refractivity contribution in [1.29, 1.82) is 0 Å². The van der Waals surface area contributed by atoms with E-state index in [9.17, 15) is 0 Å². The minimum Gasteiger partial charge on any atom is -0.487 e. The molecule has 0 aliphatic rings. The number of fused-ring (bicyclic) bond motifs is 1. The van der Waals surface area contributed by atoms with E-state index in [1.54, 1.807) is 6.08 Å². The van der Waals surface area contributed by atoms with Crippen LogP contribution in [0.25, 0.3) is 5.65 Å². The summed E-state index contributed by atoms with van der Waals surface area (Å²) >= 11 is 0. The summed E-state index contributed by atoms with van der Waals surface area (Å²) in [5.74, 6) is 0.782. The van der Waals surface area contributed by atoms with Crippen LogP contribution in [0.4, 0.5) is 0 Å². The van der Waals surface area contributed by atoms with E-state index in [0.29, 0.717) is 6.61 Å². The number of ether oxygens (including phenoxy) is 1. The van der Waals surface area contributed by atoms with Crippen LogP contribution in [0.1, 0.15) is 12.6 Å². The predicted molar refractivity (Wildman–Crippen MR) is 73.1 cm³/mol. The Labute approximate surface area is 107 Å². The predicted octanol–water partition coefficient (Wildman–Crippen LogP) is 3.50. The Morgan fingerprint density at radius 3 is 3.11 bits per heavy atom. The lowest BCUT2D eigenvalue weighted by atomic mass is 10.4. The van der Waals surface area contributed by atoms with Gasteiger partial charge in [-0.05, 0) is 31.2 Å². The summed E-state index contributed by atoms with van der Waals surface area (Å²) in [6.45, 7) is 6.06. The van der Waals surface area contributed by atoms with Crippen molar-refractivity contribution in [1.82, 2.24) is 9.38 Å². The molecule has 18 heavy (non-hydrogen) atoms. The Morgan fingerprint density at radius 1 is 1.50 bits per heavy atom. The van der Waals surface area contributed by atoms with Crippen LogP contribution in [0.3, 0.4) is 0 Å². The average molecular weight is 240 g/mol. The third kappa shape index (κ3) is 2.88. The summed E-state index contributed by atoms with van der Waals surface area (Å²) in [7, 11) is 0. The first kappa shape index (κ1) is 12.2. The molecule has 92 valence electrons. The minimum atomic E-state index is 0.450. The summed E-state index contributed by atoms with van der Waals surface area (Å²) in [5, 5.41) is 0. The first-order valence-corrected chi connectivity index (χ1v) is 5.84. The van der Waals surface area contributed by atoms with Gasteiger partial charge in [0.05, 0.1) is 5.69 Å². The van der Waals surface area contributed by atoms with Crippen molar-refractivity contribution in [3.8, 4) is 0 Å². The van der Waals surface area contributed by atoms with Crippen LogP contribution in [-0.4, -0.2) is 9.38 Å². The van der Waals surface area contributed by atoms with Crippen molar-refractivity contribution in [2.24, 2.45) is 0 Å². The summed E-state index contributed by atoms with van der Waals surface area (Å²) < 4.78 is 7.64. The highest BCUT2D eigenvalue weighted by Crippen LogP contribution is 2.09. The fourth-order valence-electron chi connectivity index (χ4n) is 1.65. The van der Waals surface area contributed by atoms with Crippen molar-refractivity contribution < 1.29 is 4.74 Å². The second-order valence-corrected chi connectivity index (χ2v) is 3.79. The summed E-state index contributed by atoms with van der Waals surface area (Å²) in [6, 6.07) is 5.91. The van der Waals surface area contributed by atoms with E-state index in [2.05, 4.69) is 11.6 Å². The lowest BCUT2D eigenvalue weighted by Crippen LogP contribution is -1.91. The van der Waals surface area contributed by atoms with Gasteiger partial charge < -0.3 is 9.14 Å². The molecule has 0 atom stereocenters. The lowest BCUT2D eigenvalue weighted by molar-refractivity contribution is 0.208. The summed E-state index contributed by atoms with van der Waals surface area (Å²) in [4.78, 5) is 4.47. The summed E-state index contributed by atoms with van der Waals surface area (Å²) in [6.07, 6.45) is 11.3. The largest absolute Gasteiger partial charge is 0.487 e. The fraction of sp³-hybridized carbons (Fsp3) is 0.133. The molecule has 3 nitrogen and oxygen atoms in total. The number of hydrogen-bond donors (Lipinski definition) is 0. The Bertz CT molecular complexity index is 560. The molecule has 2 heterocycles. The van der Waals surface area contributed by atoms with E-state index in [0.717, 1.165) is 17.1 Å².